The van der Waals surface area contributed by atoms with E-state index in [1.807, 2.05) is 6.92 Å². The van der Waals surface area contributed by atoms with Crippen LogP contribution in [0.25, 0.3) is 0 Å². The number of halogens is 3. The Morgan fingerprint density at radius 1 is 1.14 bits per heavy atom. The zero-order valence-corrected chi connectivity index (χ0v) is 15.8. The minimum Gasteiger partial charge on any atom is -0.333 e. The van der Waals surface area contributed by atoms with Crippen molar-refractivity contribution in [1.82, 2.24) is 9.80 Å². The molecule has 0 spiro atoms. The van der Waals surface area contributed by atoms with Gasteiger partial charge in [-0.05, 0) is 31.4 Å². The first-order valence-electron chi connectivity index (χ1n) is 9.32. The summed E-state index contributed by atoms with van der Waals surface area (Å²) in [7, 11) is 0. The second kappa shape index (κ2) is 10.1. The highest BCUT2D eigenvalue weighted by Gasteiger charge is 2.24. The lowest BCUT2D eigenvalue weighted by atomic mass is 10.2. The summed E-state index contributed by atoms with van der Waals surface area (Å²) in [6, 6.07) is 1.61. The highest BCUT2D eigenvalue weighted by molar-refractivity contribution is 5.95. The molecular formula is C19H24F3N3O3. The van der Waals surface area contributed by atoms with Crippen molar-refractivity contribution in [2.24, 2.45) is 0 Å². The zero-order chi connectivity index (χ0) is 20.7. The van der Waals surface area contributed by atoms with Crippen molar-refractivity contribution in [3.8, 4) is 0 Å². The highest BCUT2D eigenvalue weighted by atomic mass is 19.2. The van der Waals surface area contributed by atoms with Crippen molar-refractivity contribution >= 4 is 23.4 Å². The monoisotopic (exact) mass is 399 g/mol. The van der Waals surface area contributed by atoms with Gasteiger partial charge in [0.2, 0.25) is 17.7 Å². The third-order valence-corrected chi connectivity index (χ3v) is 4.49. The molecule has 0 saturated carbocycles. The molecule has 1 aromatic carbocycles. The van der Waals surface area contributed by atoms with E-state index in [0.29, 0.717) is 25.5 Å². The summed E-state index contributed by atoms with van der Waals surface area (Å²) in [5, 5.41) is 2.15. The Balaban J connectivity index is 2.00. The van der Waals surface area contributed by atoms with Gasteiger partial charge in [-0.3, -0.25) is 14.4 Å². The molecule has 0 bridgehead atoms. The molecule has 1 saturated heterocycles. The van der Waals surface area contributed by atoms with Crippen molar-refractivity contribution < 1.29 is 27.6 Å². The number of likely N-dealkylation sites (tertiary alicyclic amines) is 1. The average molecular weight is 399 g/mol. The van der Waals surface area contributed by atoms with Gasteiger partial charge in [0, 0.05) is 19.5 Å². The van der Waals surface area contributed by atoms with Crippen LogP contribution in [0.4, 0.5) is 18.9 Å². The molecule has 0 aliphatic carbocycles. The Bertz CT molecular complexity index is 743. The second-order valence-electron chi connectivity index (χ2n) is 6.71. The number of benzene rings is 1. The normalized spacial score (nSPS) is 14.6. The number of carbonyl (C=O) groups is 3. The molecule has 154 valence electrons. The number of amides is 3. The Morgan fingerprint density at radius 3 is 2.61 bits per heavy atom. The third-order valence-electron chi connectivity index (χ3n) is 4.49. The van der Waals surface area contributed by atoms with Crippen LogP contribution >= 0.6 is 0 Å². The molecule has 1 aliphatic rings. The average Bonchev–Trinajstić information content (AvgIpc) is 2.86. The molecule has 1 fully saturated rings. The Morgan fingerprint density at radius 2 is 1.89 bits per heavy atom. The van der Waals surface area contributed by atoms with Gasteiger partial charge in [-0.25, -0.2) is 13.2 Å². The Hall–Kier alpha value is -2.58. The van der Waals surface area contributed by atoms with Crippen molar-refractivity contribution in [3.05, 3.63) is 29.6 Å². The molecule has 0 unspecified atom stereocenters. The van der Waals surface area contributed by atoms with E-state index in [1.54, 1.807) is 0 Å². The highest BCUT2D eigenvalue weighted by Crippen LogP contribution is 2.19. The number of anilines is 1. The Kier molecular flexibility index (Phi) is 7.83. The van der Waals surface area contributed by atoms with Crippen molar-refractivity contribution in [2.75, 3.05) is 31.5 Å². The summed E-state index contributed by atoms with van der Waals surface area (Å²) in [4.78, 5) is 39.6. The van der Waals surface area contributed by atoms with Gasteiger partial charge in [0.25, 0.3) is 0 Å². The van der Waals surface area contributed by atoms with E-state index in [4.69, 9.17) is 0 Å². The SMILES string of the molecule is CCCN(CC(=O)Nc1ccc(F)c(F)c1F)C(=O)CN1CCCCCC1=O. The third kappa shape index (κ3) is 5.71. The summed E-state index contributed by atoms with van der Waals surface area (Å²) in [5.41, 5.74) is -0.504. The minimum absolute atomic E-state index is 0.0874. The maximum atomic E-state index is 13.7. The number of nitrogens with zero attached hydrogens (tertiary/aromatic N) is 2. The molecule has 1 aromatic rings. The molecule has 1 N–H and O–H groups in total. The fraction of sp³-hybridized carbons (Fsp3) is 0.526. The van der Waals surface area contributed by atoms with E-state index in [1.165, 1.54) is 9.80 Å². The first-order valence-corrected chi connectivity index (χ1v) is 9.32. The maximum absolute atomic E-state index is 13.7. The van der Waals surface area contributed by atoms with Crippen LogP contribution < -0.4 is 5.32 Å². The van der Waals surface area contributed by atoms with E-state index in [9.17, 15) is 27.6 Å². The molecule has 3 amide bonds. The fourth-order valence-electron chi connectivity index (χ4n) is 3.02. The molecule has 0 aromatic heterocycles. The molecule has 1 heterocycles. The van der Waals surface area contributed by atoms with E-state index >= 15 is 0 Å². The van der Waals surface area contributed by atoms with Gasteiger partial charge in [-0.2, -0.15) is 0 Å². The fourth-order valence-corrected chi connectivity index (χ4v) is 3.02. The van der Waals surface area contributed by atoms with E-state index in [2.05, 4.69) is 5.32 Å². The van der Waals surface area contributed by atoms with Crippen molar-refractivity contribution in [1.29, 1.82) is 0 Å². The minimum atomic E-state index is -1.68. The van der Waals surface area contributed by atoms with Gasteiger partial charge in [0.15, 0.2) is 17.5 Å². The van der Waals surface area contributed by atoms with Crippen LogP contribution in [0.15, 0.2) is 12.1 Å². The van der Waals surface area contributed by atoms with Gasteiger partial charge in [-0.15, -0.1) is 0 Å². The van der Waals surface area contributed by atoms with Crippen molar-refractivity contribution in [3.63, 3.8) is 0 Å². The predicted molar refractivity (Wildman–Crippen MR) is 96.9 cm³/mol. The van der Waals surface area contributed by atoms with Gasteiger partial charge < -0.3 is 15.1 Å². The van der Waals surface area contributed by atoms with Crippen LogP contribution in [-0.4, -0.2) is 53.7 Å². The van der Waals surface area contributed by atoms with Gasteiger partial charge in [0.1, 0.15) is 0 Å². The van der Waals surface area contributed by atoms with E-state index in [0.717, 1.165) is 25.3 Å². The summed E-state index contributed by atoms with van der Waals surface area (Å²) in [6.07, 6.45) is 3.52. The standard InChI is InChI=1S/C19H24F3N3O3/c1-2-9-24(17(28)12-25-10-5-3-4-6-16(25)27)11-15(26)23-14-8-7-13(20)18(21)19(14)22/h7-8H,2-6,9-12H2,1H3,(H,23,26). The molecule has 9 heteroatoms. The van der Waals surface area contributed by atoms with E-state index < -0.39 is 35.0 Å². The lowest BCUT2D eigenvalue weighted by Gasteiger charge is -2.26. The van der Waals surface area contributed by atoms with Crippen molar-refractivity contribution in [2.45, 2.75) is 39.0 Å². The van der Waals surface area contributed by atoms with Gasteiger partial charge in [-0.1, -0.05) is 13.3 Å². The topological polar surface area (TPSA) is 69.7 Å². The molecule has 1 aliphatic heterocycles. The summed E-state index contributed by atoms with van der Waals surface area (Å²) in [5.74, 6) is -5.77. The molecule has 28 heavy (non-hydrogen) atoms. The van der Waals surface area contributed by atoms with Crippen LogP contribution in [-0.2, 0) is 14.4 Å². The number of hydrogen-bond donors (Lipinski definition) is 1. The van der Waals surface area contributed by atoms with Crippen LogP contribution in [0.3, 0.4) is 0 Å². The first kappa shape index (κ1) is 21.7. The number of hydrogen-bond acceptors (Lipinski definition) is 3. The van der Waals surface area contributed by atoms with Crippen LogP contribution in [0.1, 0.15) is 39.0 Å². The van der Waals surface area contributed by atoms with Crippen LogP contribution in [0.5, 0.6) is 0 Å². The smallest absolute Gasteiger partial charge is 0.244 e. The van der Waals surface area contributed by atoms with E-state index in [-0.39, 0.29) is 25.5 Å². The molecule has 0 atom stereocenters. The van der Waals surface area contributed by atoms with Gasteiger partial charge in [0.05, 0.1) is 18.8 Å². The largest absolute Gasteiger partial charge is 0.333 e. The van der Waals surface area contributed by atoms with Gasteiger partial charge >= 0.3 is 0 Å². The molecule has 6 nitrogen and oxygen atoms in total. The second-order valence-corrected chi connectivity index (χ2v) is 6.71. The summed E-state index contributed by atoms with van der Waals surface area (Å²) < 4.78 is 40.0. The quantitative estimate of drug-likeness (QED) is 0.717. The number of rotatable bonds is 7. The lowest BCUT2D eigenvalue weighted by molar-refractivity contribution is -0.141. The maximum Gasteiger partial charge on any atom is 0.244 e. The number of carbonyl (C=O) groups excluding carboxylic acids is 3. The molecule has 2 rings (SSSR count). The predicted octanol–water partition coefficient (Wildman–Crippen LogP) is 2.68. The summed E-state index contributed by atoms with van der Waals surface area (Å²) in [6.45, 7) is 2.09. The first-order chi connectivity index (χ1) is 13.3. The molecular weight excluding hydrogens is 375 g/mol. The number of nitrogens with one attached hydrogen (secondary N) is 1. The van der Waals surface area contributed by atoms with Crippen LogP contribution in [0.2, 0.25) is 0 Å². The Labute approximate surface area is 161 Å². The molecule has 0 radical (unpaired) electrons. The lowest BCUT2D eigenvalue weighted by Crippen LogP contribution is -2.45. The summed E-state index contributed by atoms with van der Waals surface area (Å²) >= 11 is 0. The zero-order valence-electron chi connectivity index (χ0n) is 15.8. The van der Waals surface area contributed by atoms with Crippen LogP contribution in [0, 0.1) is 17.5 Å².